The molecule has 0 radical (unpaired) electrons. The summed E-state index contributed by atoms with van der Waals surface area (Å²) < 4.78 is 14.2. The Bertz CT molecular complexity index is 642. The van der Waals surface area contributed by atoms with Crippen LogP contribution in [0.2, 0.25) is 5.15 Å². The minimum absolute atomic E-state index is 0.148. The lowest BCUT2D eigenvalue weighted by Gasteiger charge is -2.32. The SMILES string of the molecule is Cc1ccc(F)c2c1CCCN2Cc1cccnc1Cl. The molecule has 2 nitrogen and oxygen atoms in total. The van der Waals surface area contributed by atoms with Crippen molar-refractivity contribution in [2.24, 2.45) is 0 Å². The number of hydrogen-bond acceptors (Lipinski definition) is 2. The molecule has 0 fully saturated rings. The van der Waals surface area contributed by atoms with Crippen molar-refractivity contribution >= 4 is 17.3 Å². The second-order valence-corrected chi connectivity index (χ2v) is 5.53. The molecule has 2 aromatic rings. The van der Waals surface area contributed by atoms with Crippen LogP contribution in [0.15, 0.2) is 30.5 Å². The number of rotatable bonds is 2. The maximum Gasteiger partial charge on any atom is 0.146 e. The Balaban J connectivity index is 1.98. The monoisotopic (exact) mass is 290 g/mol. The van der Waals surface area contributed by atoms with Gasteiger partial charge in [0, 0.05) is 24.8 Å². The molecule has 1 aromatic carbocycles. The summed E-state index contributed by atoms with van der Waals surface area (Å²) in [6, 6.07) is 7.21. The third kappa shape index (κ3) is 2.38. The minimum atomic E-state index is -0.148. The molecule has 3 rings (SSSR count). The molecular weight excluding hydrogens is 275 g/mol. The summed E-state index contributed by atoms with van der Waals surface area (Å²) in [5.41, 5.74) is 3.94. The quantitative estimate of drug-likeness (QED) is 0.773. The number of fused-ring (bicyclic) bond motifs is 1. The first kappa shape index (κ1) is 13.4. The lowest BCUT2D eigenvalue weighted by atomic mass is 9.96. The molecule has 2 heterocycles. The van der Waals surface area contributed by atoms with Crippen LogP contribution in [-0.2, 0) is 13.0 Å². The van der Waals surface area contributed by atoms with Crippen LogP contribution in [0.3, 0.4) is 0 Å². The van der Waals surface area contributed by atoms with Crippen molar-refractivity contribution in [2.75, 3.05) is 11.4 Å². The molecule has 0 spiro atoms. The fourth-order valence-electron chi connectivity index (χ4n) is 2.83. The van der Waals surface area contributed by atoms with Gasteiger partial charge in [0.15, 0.2) is 0 Å². The van der Waals surface area contributed by atoms with Crippen LogP contribution in [-0.4, -0.2) is 11.5 Å². The van der Waals surface area contributed by atoms with Gasteiger partial charge in [0.2, 0.25) is 0 Å². The molecule has 0 atom stereocenters. The van der Waals surface area contributed by atoms with Crippen LogP contribution in [0, 0.1) is 12.7 Å². The molecule has 20 heavy (non-hydrogen) atoms. The highest BCUT2D eigenvalue weighted by Gasteiger charge is 2.22. The van der Waals surface area contributed by atoms with Crippen LogP contribution in [0.5, 0.6) is 0 Å². The predicted octanol–water partition coefficient (Wildman–Crippen LogP) is 4.14. The first-order valence-corrected chi connectivity index (χ1v) is 7.17. The average molecular weight is 291 g/mol. The van der Waals surface area contributed by atoms with Crippen molar-refractivity contribution in [2.45, 2.75) is 26.3 Å². The molecule has 1 aromatic heterocycles. The smallest absolute Gasteiger partial charge is 0.146 e. The van der Waals surface area contributed by atoms with Gasteiger partial charge in [-0.25, -0.2) is 9.37 Å². The van der Waals surface area contributed by atoms with E-state index in [0.29, 0.717) is 11.7 Å². The molecule has 1 aliphatic rings. The number of aryl methyl sites for hydroxylation is 1. The van der Waals surface area contributed by atoms with E-state index in [0.717, 1.165) is 41.8 Å². The van der Waals surface area contributed by atoms with Gasteiger partial charge < -0.3 is 4.90 Å². The number of halogens is 2. The topological polar surface area (TPSA) is 16.1 Å². The number of pyridine rings is 1. The Kier molecular flexibility index (Phi) is 3.62. The van der Waals surface area contributed by atoms with Gasteiger partial charge in [-0.2, -0.15) is 0 Å². The zero-order valence-corrected chi connectivity index (χ0v) is 12.1. The molecular formula is C16H16ClFN2. The normalized spacial score (nSPS) is 14.2. The molecule has 104 valence electrons. The Morgan fingerprint density at radius 3 is 3.00 bits per heavy atom. The first-order valence-electron chi connectivity index (χ1n) is 6.79. The van der Waals surface area contributed by atoms with Crippen LogP contribution in [0.25, 0.3) is 0 Å². The number of nitrogens with zero attached hydrogens (tertiary/aromatic N) is 2. The highest BCUT2D eigenvalue weighted by molar-refractivity contribution is 6.30. The van der Waals surface area contributed by atoms with Crippen molar-refractivity contribution in [3.63, 3.8) is 0 Å². The van der Waals surface area contributed by atoms with Gasteiger partial charge in [-0.3, -0.25) is 0 Å². The van der Waals surface area contributed by atoms with Gasteiger partial charge in [-0.1, -0.05) is 23.7 Å². The summed E-state index contributed by atoms with van der Waals surface area (Å²) in [5, 5.41) is 0.493. The van der Waals surface area contributed by atoms with Crippen molar-refractivity contribution in [1.29, 1.82) is 0 Å². The van der Waals surface area contributed by atoms with E-state index in [1.54, 1.807) is 12.3 Å². The van der Waals surface area contributed by atoms with Crippen molar-refractivity contribution in [3.05, 3.63) is 58.1 Å². The van der Waals surface area contributed by atoms with Crippen LogP contribution < -0.4 is 4.90 Å². The highest BCUT2D eigenvalue weighted by Crippen LogP contribution is 2.33. The number of anilines is 1. The lowest BCUT2D eigenvalue weighted by molar-refractivity contribution is 0.594. The summed E-state index contributed by atoms with van der Waals surface area (Å²) in [5.74, 6) is -0.148. The van der Waals surface area contributed by atoms with E-state index in [4.69, 9.17) is 11.6 Å². The van der Waals surface area contributed by atoms with E-state index < -0.39 is 0 Å². The third-order valence-corrected chi connectivity index (χ3v) is 4.18. The summed E-state index contributed by atoms with van der Waals surface area (Å²) in [6.07, 6.45) is 3.64. The van der Waals surface area contributed by atoms with E-state index in [1.165, 1.54) is 0 Å². The summed E-state index contributed by atoms with van der Waals surface area (Å²) >= 11 is 6.11. The molecule has 0 amide bonds. The fourth-order valence-corrected chi connectivity index (χ4v) is 3.00. The van der Waals surface area contributed by atoms with Gasteiger partial charge in [0.1, 0.15) is 11.0 Å². The summed E-state index contributed by atoms with van der Waals surface area (Å²) in [6.45, 7) is 3.48. The first-order chi connectivity index (χ1) is 9.66. The molecule has 0 bridgehead atoms. The molecule has 0 unspecified atom stereocenters. The predicted molar refractivity (Wildman–Crippen MR) is 79.8 cm³/mol. The minimum Gasteiger partial charge on any atom is -0.364 e. The van der Waals surface area contributed by atoms with Gasteiger partial charge in [-0.05, 0) is 43.0 Å². The van der Waals surface area contributed by atoms with Crippen LogP contribution in [0.1, 0.15) is 23.1 Å². The van der Waals surface area contributed by atoms with Crippen molar-refractivity contribution in [1.82, 2.24) is 4.98 Å². The van der Waals surface area contributed by atoms with E-state index >= 15 is 0 Å². The fraction of sp³-hybridized carbons (Fsp3) is 0.312. The molecule has 1 aliphatic heterocycles. The standard InChI is InChI=1S/C16H16ClFN2/c1-11-6-7-14(18)15-13(11)5-3-9-20(15)10-12-4-2-8-19-16(12)17/h2,4,6-8H,3,5,9-10H2,1H3. The van der Waals surface area contributed by atoms with E-state index in [9.17, 15) is 4.39 Å². The Hall–Kier alpha value is -1.61. The average Bonchev–Trinajstić information content (AvgIpc) is 2.45. The molecule has 0 saturated carbocycles. The summed E-state index contributed by atoms with van der Waals surface area (Å²) in [4.78, 5) is 6.16. The maximum absolute atomic E-state index is 14.2. The van der Waals surface area contributed by atoms with Crippen LogP contribution in [0.4, 0.5) is 10.1 Å². The summed E-state index contributed by atoms with van der Waals surface area (Å²) in [7, 11) is 0. The lowest BCUT2D eigenvalue weighted by Crippen LogP contribution is -2.30. The molecule has 0 aliphatic carbocycles. The second-order valence-electron chi connectivity index (χ2n) is 5.17. The second kappa shape index (κ2) is 5.41. The van der Waals surface area contributed by atoms with Gasteiger partial charge in [0.05, 0.1) is 5.69 Å². The van der Waals surface area contributed by atoms with E-state index in [1.807, 2.05) is 25.1 Å². The Labute approximate surface area is 123 Å². The molecule has 4 heteroatoms. The van der Waals surface area contributed by atoms with E-state index in [2.05, 4.69) is 9.88 Å². The van der Waals surface area contributed by atoms with Crippen LogP contribution >= 0.6 is 11.6 Å². The van der Waals surface area contributed by atoms with Crippen molar-refractivity contribution in [3.8, 4) is 0 Å². The molecule has 0 N–H and O–H groups in total. The zero-order chi connectivity index (χ0) is 14.1. The maximum atomic E-state index is 14.2. The third-order valence-electron chi connectivity index (χ3n) is 3.84. The van der Waals surface area contributed by atoms with E-state index in [-0.39, 0.29) is 5.82 Å². The number of benzene rings is 1. The van der Waals surface area contributed by atoms with Gasteiger partial charge in [0.25, 0.3) is 0 Å². The van der Waals surface area contributed by atoms with Crippen molar-refractivity contribution < 1.29 is 4.39 Å². The number of hydrogen-bond donors (Lipinski definition) is 0. The van der Waals surface area contributed by atoms with Gasteiger partial charge in [-0.15, -0.1) is 0 Å². The Morgan fingerprint density at radius 1 is 1.35 bits per heavy atom. The largest absolute Gasteiger partial charge is 0.364 e. The Morgan fingerprint density at radius 2 is 2.20 bits per heavy atom. The highest BCUT2D eigenvalue weighted by atomic mass is 35.5. The zero-order valence-electron chi connectivity index (χ0n) is 11.4. The molecule has 0 saturated heterocycles. The van der Waals surface area contributed by atoms with Gasteiger partial charge >= 0.3 is 0 Å². The number of aromatic nitrogens is 1.